The number of benzene rings is 3. The van der Waals surface area contributed by atoms with E-state index in [-0.39, 0.29) is 11.4 Å². The van der Waals surface area contributed by atoms with Crippen LogP contribution in [-0.2, 0) is 21.4 Å². The highest BCUT2D eigenvalue weighted by Gasteiger charge is 2.27. The highest BCUT2D eigenvalue weighted by molar-refractivity contribution is 7.89. The zero-order valence-corrected chi connectivity index (χ0v) is 19.8. The minimum Gasteiger partial charge on any atom is -0.495 e. The maximum atomic E-state index is 13.3. The van der Waals surface area contributed by atoms with Gasteiger partial charge in [-0.25, -0.2) is 8.42 Å². The van der Waals surface area contributed by atoms with Gasteiger partial charge in [0.2, 0.25) is 15.9 Å². The largest absolute Gasteiger partial charge is 0.495 e. The molecule has 1 N–H and O–H groups in total. The van der Waals surface area contributed by atoms with Gasteiger partial charge in [0, 0.05) is 6.54 Å². The lowest BCUT2D eigenvalue weighted by Gasteiger charge is -2.22. The van der Waals surface area contributed by atoms with Gasteiger partial charge >= 0.3 is 0 Å². The van der Waals surface area contributed by atoms with E-state index in [1.54, 1.807) is 48.5 Å². The highest BCUT2D eigenvalue weighted by Crippen LogP contribution is 2.27. The van der Waals surface area contributed by atoms with Gasteiger partial charge in [-0.3, -0.25) is 4.79 Å². The monoisotopic (exact) mass is 492 g/mol. The second-order valence-corrected chi connectivity index (χ2v) is 9.84. The van der Waals surface area contributed by atoms with Crippen molar-refractivity contribution in [3.63, 3.8) is 0 Å². The van der Waals surface area contributed by atoms with Crippen LogP contribution in [0.1, 0.15) is 11.1 Å². The van der Waals surface area contributed by atoms with Crippen molar-refractivity contribution in [1.29, 1.82) is 0 Å². The number of aryl methyl sites for hydroxylation is 1. The summed E-state index contributed by atoms with van der Waals surface area (Å²) in [5, 5.41) is 3.40. The van der Waals surface area contributed by atoms with Crippen LogP contribution in [0.5, 0.6) is 5.75 Å². The van der Waals surface area contributed by atoms with Crippen LogP contribution in [0, 0.1) is 6.92 Å². The van der Waals surface area contributed by atoms with Crippen molar-refractivity contribution in [1.82, 2.24) is 4.31 Å². The van der Waals surface area contributed by atoms with E-state index >= 15 is 0 Å². The van der Waals surface area contributed by atoms with Crippen molar-refractivity contribution in [2.75, 3.05) is 19.0 Å². The van der Waals surface area contributed by atoms with Crippen LogP contribution >= 0.6 is 23.2 Å². The molecule has 0 atom stereocenters. The number of hydrogen-bond donors (Lipinski definition) is 1. The quantitative estimate of drug-likeness (QED) is 0.472. The number of sulfonamides is 1. The lowest BCUT2D eigenvalue weighted by molar-refractivity contribution is -0.116. The summed E-state index contributed by atoms with van der Waals surface area (Å²) in [6.07, 6.45) is 0. The average molecular weight is 493 g/mol. The van der Waals surface area contributed by atoms with E-state index in [9.17, 15) is 13.2 Å². The number of halogens is 2. The molecule has 0 fully saturated rings. The van der Waals surface area contributed by atoms with E-state index in [4.69, 9.17) is 27.9 Å². The lowest BCUT2D eigenvalue weighted by atomic mass is 10.2. The third-order valence-corrected chi connectivity index (χ3v) is 7.22. The number of nitrogens with zero attached hydrogens (tertiary/aromatic N) is 1. The molecule has 0 saturated heterocycles. The van der Waals surface area contributed by atoms with E-state index < -0.39 is 22.5 Å². The molecule has 0 radical (unpaired) electrons. The molecule has 0 spiro atoms. The number of hydrogen-bond acceptors (Lipinski definition) is 4. The number of amides is 1. The fraction of sp³-hybridized carbons (Fsp3) is 0.174. The smallest absolute Gasteiger partial charge is 0.243 e. The Labute approximate surface area is 197 Å². The minimum absolute atomic E-state index is 0.0630. The second-order valence-electron chi connectivity index (χ2n) is 7.09. The van der Waals surface area contributed by atoms with Gasteiger partial charge in [0.05, 0.1) is 34.3 Å². The second kappa shape index (κ2) is 10.4. The van der Waals surface area contributed by atoms with Gasteiger partial charge in [0.1, 0.15) is 5.75 Å². The van der Waals surface area contributed by atoms with Crippen LogP contribution < -0.4 is 10.1 Å². The molecule has 0 saturated carbocycles. The van der Waals surface area contributed by atoms with Crippen molar-refractivity contribution in [3.05, 3.63) is 87.9 Å². The van der Waals surface area contributed by atoms with Crippen LogP contribution in [0.4, 0.5) is 5.69 Å². The number of carbonyl (C=O) groups is 1. The van der Waals surface area contributed by atoms with Crippen LogP contribution in [0.3, 0.4) is 0 Å². The molecule has 0 aliphatic rings. The molecular weight excluding hydrogens is 471 g/mol. The third-order valence-electron chi connectivity index (χ3n) is 4.67. The molecule has 3 rings (SSSR count). The number of carbonyl (C=O) groups excluding carboxylic acids is 1. The minimum atomic E-state index is -3.97. The topological polar surface area (TPSA) is 75.7 Å². The maximum absolute atomic E-state index is 13.3. The summed E-state index contributed by atoms with van der Waals surface area (Å²) in [6, 6.07) is 18.1. The summed E-state index contributed by atoms with van der Waals surface area (Å²) in [5.74, 6) is -0.0284. The molecule has 3 aromatic rings. The molecule has 1 amide bonds. The Hall–Kier alpha value is -2.58. The van der Waals surface area contributed by atoms with Gasteiger partial charge < -0.3 is 10.1 Å². The summed E-state index contributed by atoms with van der Waals surface area (Å²) >= 11 is 12.1. The predicted molar refractivity (Wildman–Crippen MR) is 127 cm³/mol. The Morgan fingerprint density at radius 1 is 1.00 bits per heavy atom. The van der Waals surface area contributed by atoms with E-state index in [0.717, 1.165) is 9.87 Å². The first kappa shape index (κ1) is 24.1. The van der Waals surface area contributed by atoms with Gasteiger partial charge in [-0.1, -0.05) is 53.5 Å². The van der Waals surface area contributed by atoms with E-state index in [2.05, 4.69) is 5.32 Å². The Morgan fingerprint density at radius 3 is 2.38 bits per heavy atom. The third kappa shape index (κ3) is 5.81. The van der Waals surface area contributed by atoms with Crippen LogP contribution in [0.25, 0.3) is 0 Å². The van der Waals surface area contributed by atoms with Gasteiger partial charge in [-0.05, 0) is 54.4 Å². The Bertz CT molecular complexity index is 1220. The maximum Gasteiger partial charge on any atom is 0.243 e. The van der Waals surface area contributed by atoms with Crippen molar-refractivity contribution >= 4 is 44.8 Å². The number of rotatable bonds is 8. The van der Waals surface area contributed by atoms with Crippen LogP contribution in [0.2, 0.25) is 10.0 Å². The standard InChI is InChI=1S/C23H22Cl2N2O4S/c1-16-8-11-22(31-2)21(12-16)26-23(28)15-27(14-17-9-10-19(24)20(25)13-17)32(29,30)18-6-4-3-5-7-18/h3-13H,14-15H2,1-2H3,(H,26,28). The SMILES string of the molecule is COc1ccc(C)cc1NC(=O)CN(Cc1ccc(Cl)c(Cl)c1)S(=O)(=O)c1ccccc1. The number of methoxy groups -OCH3 is 1. The first-order valence-electron chi connectivity index (χ1n) is 9.64. The van der Waals surface area contributed by atoms with E-state index in [0.29, 0.717) is 27.0 Å². The molecule has 9 heteroatoms. The first-order chi connectivity index (χ1) is 15.2. The molecule has 0 aliphatic heterocycles. The zero-order valence-electron chi connectivity index (χ0n) is 17.5. The molecule has 0 aromatic heterocycles. The Kier molecular flexibility index (Phi) is 7.79. The summed E-state index contributed by atoms with van der Waals surface area (Å²) in [7, 11) is -2.47. The molecule has 0 unspecified atom stereocenters. The molecule has 32 heavy (non-hydrogen) atoms. The zero-order chi connectivity index (χ0) is 23.3. The fourth-order valence-electron chi connectivity index (χ4n) is 3.08. The summed E-state index contributed by atoms with van der Waals surface area (Å²) in [5.41, 5.74) is 1.98. The van der Waals surface area contributed by atoms with Gasteiger partial charge in [0.15, 0.2) is 0 Å². The summed E-state index contributed by atoms with van der Waals surface area (Å²) in [4.78, 5) is 13.0. The van der Waals surface area contributed by atoms with Crippen LogP contribution in [0.15, 0.2) is 71.6 Å². The normalized spacial score (nSPS) is 11.4. The Balaban J connectivity index is 1.91. The van der Waals surface area contributed by atoms with Gasteiger partial charge in [0.25, 0.3) is 0 Å². The molecule has 0 bridgehead atoms. The molecule has 168 valence electrons. The Morgan fingerprint density at radius 2 is 1.72 bits per heavy atom. The lowest BCUT2D eigenvalue weighted by Crippen LogP contribution is -2.37. The van der Waals surface area contributed by atoms with Crippen molar-refractivity contribution in [2.24, 2.45) is 0 Å². The summed E-state index contributed by atoms with van der Waals surface area (Å²) in [6.45, 7) is 1.41. The van der Waals surface area contributed by atoms with Crippen LogP contribution in [-0.4, -0.2) is 32.3 Å². The average Bonchev–Trinajstić information content (AvgIpc) is 2.76. The molecule has 3 aromatic carbocycles. The molecular formula is C23H22Cl2N2O4S. The predicted octanol–water partition coefficient (Wildman–Crippen LogP) is 5.14. The number of anilines is 1. The summed E-state index contributed by atoms with van der Waals surface area (Å²) < 4.78 is 33.0. The van der Waals surface area contributed by atoms with Gasteiger partial charge in [-0.15, -0.1) is 0 Å². The van der Waals surface area contributed by atoms with E-state index in [1.807, 2.05) is 13.0 Å². The first-order valence-corrected chi connectivity index (χ1v) is 11.8. The van der Waals surface area contributed by atoms with Crippen molar-refractivity contribution < 1.29 is 17.9 Å². The highest BCUT2D eigenvalue weighted by atomic mass is 35.5. The van der Waals surface area contributed by atoms with E-state index in [1.165, 1.54) is 19.2 Å². The molecule has 6 nitrogen and oxygen atoms in total. The number of nitrogens with one attached hydrogen (secondary N) is 1. The fourth-order valence-corrected chi connectivity index (χ4v) is 4.80. The van der Waals surface area contributed by atoms with Gasteiger partial charge in [-0.2, -0.15) is 4.31 Å². The molecule has 0 aliphatic carbocycles. The molecule has 0 heterocycles. The van der Waals surface area contributed by atoms with Crippen molar-refractivity contribution in [3.8, 4) is 5.75 Å². The van der Waals surface area contributed by atoms with Crippen molar-refractivity contribution in [2.45, 2.75) is 18.4 Å². The number of ether oxygens (including phenoxy) is 1.